The Bertz CT molecular complexity index is 727. The largest absolute Gasteiger partial charge is 0.456 e. The lowest BCUT2D eigenvalue weighted by Crippen LogP contribution is -2.27. The molecule has 0 bridgehead atoms. The van der Waals surface area contributed by atoms with Crippen LogP contribution in [0.5, 0.6) is 0 Å². The molecule has 110 valence electrons. The quantitative estimate of drug-likeness (QED) is 0.861. The zero-order valence-corrected chi connectivity index (χ0v) is 12.0. The van der Waals surface area contributed by atoms with Gasteiger partial charge in [-0.25, -0.2) is 0 Å². The van der Waals surface area contributed by atoms with Gasteiger partial charge in [0.2, 0.25) is 0 Å². The summed E-state index contributed by atoms with van der Waals surface area (Å²) < 4.78 is 10.5. The maximum absolute atomic E-state index is 12.2. The summed E-state index contributed by atoms with van der Waals surface area (Å²) in [6, 6.07) is 4.43. The molecule has 2 heterocycles. The first kappa shape index (κ1) is 13.6. The lowest BCUT2D eigenvalue weighted by atomic mass is 10.2. The van der Waals surface area contributed by atoms with Gasteiger partial charge in [-0.3, -0.25) is 9.59 Å². The van der Waals surface area contributed by atoms with Crippen LogP contribution in [0.25, 0.3) is 0 Å². The number of aryl methyl sites for hydroxylation is 1. The van der Waals surface area contributed by atoms with E-state index in [1.165, 1.54) is 17.0 Å². The maximum Gasteiger partial charge on any atom is 0.289 e. The van der Waals surface area contributed by atoms with E-state index in [2.05, 4.69) is 5.16 Å². The fourth-order valence-electron chi connectivity index (χ4n) is 2.17. The Morgan fingerprint density at radius 2 is 2.14 bits per heavy atom. The molecule has 3 rings (SSSR count). The minimum atomic E-state index is -0.355. The van der Waals surface area contributed by atoms with Gasteiger partial charge >= 0.3 is 0 Å². The monoisotopic (exact) mass is 288 g/mol. The third-order valence-corrected chi connectivity index (χ3v) is 3.40. The SMILES string of the molecule is Cc1cc(=O)cc(C(=O)N(C)Cc2cc(C3CC3)on2)o1. The molecule has 0 radical (unpaired) electrons. The van der Waals surface area contributed by atoms with E-state index in [0.717, 1.165) is 18.6 Å². The van der Waals surface area contributed by atoms with Crippen LogP contribution in [0.15, 0.2) is 31.9 Å². The van der Waals surface area contributed by atoms with Gasteiger partial charge in [0.1, 0.15) is 17.2 Å². The van der Waals surface area contributed by atoms with Crippen molar-refractivity contribution in [2.45, 2.75) is 32.2 Å². The molecule has 2 aromatic heterocycles. The van der Waals surface area contributed by atoms with Crippen LogP contribution in [-0.4, -0.2) is 23.0 Å². The molecule has 0 N–H and O–H groups in total. The molecule has 6 nitrogen and oxygen atoms in total. The second-order valence-electron chi connectivity index (χ2n) is 5.42. The second kappa shape index (κ2) is 5.20. The molecule has 1 saturated carbocycles. The first-order valence-corrected chi connectivity index (χ1v) is 6.85. The highest BCUT2D eigenvalue weighted by atomic mass is 16.5. The van der Waals surface area contributed by atoms with Crippen molar-refractivity contribution in [2.24, 2.45) is 0 Å². The average molecular weight is 288 g/mol. The predicted octanol–water partition coefficient (Wildman–Crippen LogP) is 2.09. The van der Waals surface area contributed by atoms with E-state index in [1.54, 1.807) is 14.0 Å². The van der Waals surface area contributed by atoms with Crippen molar-refractivity contribution in [2.75, 3.05) is 7.05 Å². The highest BCUT2D eigenvalue weighted by molar-refractivity contribution is 5.91. The Balaban J connectivity index is 1.72. The summed E-state index contributed by atoms with van der Waals surface area (Å²) in [5, 5.41) is 3.97. The highest BCUT2D eigenvalue weighted by Crippen LogP contribution is 2.40. The average Bonchev–Trinajstić information content (AvgIpc) is 3.17. The van der Waals surface area contributed by atoms with Crippen molar-refractivity contribution >= 4 is 5.91 Å². The minimum absolute atomic E-state index is 0.0356. The summed E-state index contributed by atoms with van der Waals surface area (Å²) in [5.41, 5.74) is 0.454. The number of amides is 1. The summed E-state index contributed by atoms with van der Waals surface area (Å²) in [7, 11) is 1.64. The van der Waals surface area contributed by atoms with Crippen molar-refractivity contribution in [3.05, 3.63) is 51.4 Å². The molecule has 0 saturated heterocycles. The maximum atomic E-state index is 12.2. The topological polar surface area (TPSA) is 76.6 Å². The molecule has 1 aliphatic rings. The van der Waals surface area contributed by atoms with Gasteiger partial charge in [-0.15, -0.1) is 0 Å². The Hall–Kier alpha value is -2.37. The van der Waals surface area contributed by atoms with Crippen LogP contribution in [0.1, 0.15) is 46.5 Å². The van der Waals surface area contributed by atoms with Gasteiger partial charge in [0.15, 0.2) is 11.2 Å². The summed E-state index contributed by atoms with van der Waals surface area (Å²) >= 11 is 0. The van der Waals surface area contributed by atoms with Crippen LogP contribution in [0.4, 0.5) is 0 Å². The van der Waals surface area contributed by atoms with E-state index in [-0.39, 0.29) is 17.1 Å². The van der Waals surface area contributed by atoms with Crippen LogP contribution in [0.2, 0.25) is 0 Å². The van der Waals surface area contributed by atoms with Gasteiger partial charge in [0, 0.05) is 31.2 Å². The van der Waals surface area contributed by atoms with E-state index >= 15 is 0 Å². The number of rotatable bonds is 4. The lowest BCUT2D eigenvalue weighted by Gasteiger charge is -2.14. The van der Waals surface area contributed by atoms with Crippen LogP contribution in [0.3, 0.4) is 0 Å². The van der Waals surface area contributed by atoms with Gasteiger partial charge in [-0.1, -0.05) is 5.16 Å². The molecule has 1 aliphatic carbocycles. The fraction of sp³-hybridized carbons (Fsp3) is 0.400. The first-order chi connectivity index (χ1) is 10.0. The Kier molecular flexibility index (Phi) is 3.37. The van der Waals surface area contributed by atoms with Crippen molar-refractivity contribution in [1.29, 1.82) is 0 Å². The number of hydrogen-bond acceptors (Lipinski definition) is 5. The van der Waals surface area contributed by atoms with Crippen LogP contribution in [0, 0.1) is 6.92 Å². The number of carbonyl (C=O) groups is 1. The van der Waals surface area contributed by atoms with Gasteiger partial charge in [-0.05, 0) is 19.8 Å². The standard InChI is InChI=1S/C15H16N2O4/c1-9-5-12(18)7-14(20-9)15(19)17(2)8-11-6-13(21-16-11)10-3-4-10/h5-7,10H,3-4,8H2,1-2H3. The molecule has 0 aromatic carbocycles. The lowest BCUT2D eigenvalue weighted by molar-refractivity contribution is 0.0746. The second-order valence-corrected chi connectivity index (χ2v) is 5.42. The molecular weight excluding hydrogens is 272 g/mol. The van der Waals surface area contributed by atoms with Crippen molar-refractivity contribution in [3.63, 3.8) is 0 Å². The normalized spacial score (nSPS) is 14.2. The van der Waals surface area contributed by atoms with E-state index in [1.807, 2.05) is 6.07 Å². The summed E-state index contributed by atoms with van der Waals surface area (Å²) in [6.45, 7) is 1.95. The molecule has 1 fully saturated rings. The summed E-state index contributed by atoms with van der Waals surface area (Å²) in [4.78, 5) is 25.1. The zero-order valence-electron chi connectivity index (χ0n) is 12.0. The highest BCUT2D eigenvalue weighted by Gasteiger charge is 2.28. The molecule has 6 heteroatoms. The van der Waals surface area contributed by atoms with Crippen LogP contribution >= 0.6 is 0 Å². The Morgan fingerprint density at radius 3 is 2.81 bits per heavy atom. The van der Waals surface area contributed by atoms with E-state index in [9.17, 15) is 9.59 Å². The molecule has 0 spiro atoms. The number of hydrogen-bond donors (Lipinski definition) is 0. The molecule has 21 heavy (non-hydrogen) atoms. The Morgan fingerprint density at radius 1 is 1.38 bits per heavy atom. The summed E-state index contributed by atoms with van der Waals surface area (Å²) in [5.74, 6) is 1.46. The van der Waals surface area contributed by atoms with Gasteiger partial charge in [-0.2, -0.15) is 0 Å². The van der Waals surface area contributed by atoms with E-state index in [4.69, 9.17) is 8.94 Å². The molecular formula is C15H16N2O4. The van der Waals surface area contributed by atoms with Gasteiger partial charge in [0.05, 0.1) is 6.54 Å². The Labute approximate surface area is 121 Å². The van der Waals surface area contributed by atoms with Crippen LogP contribution in [-0.2, 0) is 6.54 Å². The van der Waals surface area contributed by atoms with Crippen molar-refractivity contribution in [1.82, 2.24) is 10.1 Å². The molecule has 0 aliphatic heterocycles. The van der Waals surface area contributed by atoms with E-state index in [0.29, 0.717) is 23.9 Å². The van der Waals surface area contributed by atoms with Gasteiger partial charge in [0.25, 0.3) is 5.91 Å². The third kappa shape index (κ3) is 3.04. The van der Waals surface area contributed by atoms with E-state index < -0.39 is 0 Å². The minimum Gasteiger partial charge on any atom is -0.456 e. The smallest absolute Gasteiger partial charge is 0.289 e. The number of carbonyl (C=O) groups excluding carboxylic acids is 1. The molecule has 2 aromatic rings. The molecule has 0 unspecified atom stereocenters. The number of nitrogens with zero attached hydrogens (tertiary/aromatic N) is 2. The molecule has 0 atom stereocenters. The number of aromatic nitrogens is 1. The fourth-order valence-corrected chi connectivity index (χ4v) is 2.17. The van der Waals surface area contributed by atoms with Gasteiger partial charge < -0.3 is 13.8 Å². The van der Waals surface area contributed by atoms with Crippen molar-refractivity contribution < 1.29 is 13.7 Å². The predicted molar refractivity (Wildman–Crippen MR) is 74.0 cm³/mol. The zero-order chi connectivity index (χ0) is 15.0. The molecule has 1 amide bonds. The summed E-state index contributed by atoms with van der Waals surface area (Å²) in [6.07, 6.45) is 2.27. The van der Waals surface area contributed by atoms with Crippen molar-refractivity contribution in [3.8, 4) is 0 Å². The van der Waals surface area contributed by atoms with Crippen LogP contribution < -0.4 is 5.43 Å². The third-order valence-electron chi connectivity index (χ3n) is 3.40. The first-order valence-electron chi connectivity index (χ1n) is 6.85.